The van der Waals surface area contributed by atoms with Gasteiger partial charge in [-0.25, -0.2) is 13.2 Å². The van der Waals surface area contributed by atoms with Gasteiger partial charge in [0.2, 0.25) is 0 Å². The van der Waals surface area contributed by atoms with Gasteiger partial charge < -0.3 is 20.7 Å². The molecule has 9 nitrogen and oxygen atoms in total. The molecule has 2 amide bonds. The maximum Gasteiger partial charge on any atom is 0.322 e. The van der Waals surface area contributed by atoms with E-state index in [4.69, 9.17) is 10.5 Å². The Kier molecular flexibility index (Phi) is 5.58. The van der Waals surface area contributed by atoms with E-state index in [1.807, 2.05) is 0 Å². The second kappa shape index (κ2) is 8.31. The Labute approximate surface area is 175 Å². The van der Waals surface area contributed by atoms with Crippen molar-refractivity contribution in [3.05, 3.63) is 53.9 Å². The van der Waals surface area contributed by atoms with Gasteiger partial charge in [-0.2, -0.15) is 0 Å². The largest absolute Gasteiger partial charge is 0.491 e. The van der Waals surface area contributed by atoms with Crippen molar-refractivity contribution in [1.82, 2.24) is 9.88 Å². The molecule has 1 aromatic carbocycles. The minimum absolute atomic E-state index is 0.0669. The van der Waals surface area contributed by atoms with Gasteiger partial charge in [-0.3, -0.25) is 4.98 Å². The first-order valence-electron chi connectivity index (χ1n) is 9.74. The molecule has 0 radical (unpaired) electrons. The molecule has 1 aromatic heterocycles. The number of carbonyl (C=O) groups is 1. The highest BCUT2D eigenvalue weighted by molar-refractivity contribution is 7.89. The number of aromatic nitrogens is 1. The number of anilines is 1. The highest BCUT2D eigenvalue weighted by Crippen LogP contribution is 2.29. The van der Waals surface area contributed by atoms with Crippen LogP contribution in [0.15, 0.2) is 47.1 Å². The molecule has 3 N–H and O–H groups in total. The molecule has 2 aromatic rings. The number of amides is 2. The lowest BCUT2D eigenvalue weighted by atomic mass is 10.0. The van der Waals surface area contributed by atoms with E-state index in [2.05, 4.69) is 14.7 Å². The molecule has 1 fully saturated rings. The van der Waals surface area contributed by atoms with Crippen molar-refractivity contribution in [3.8, 4) is 5.75 Å². The monoisotopic (exact) mass is 429 g/mol. The lowest BCUT2D eigenvalue weighted by Gasteiger charge is -2.35. The van der Waals surface area contributed by atoms with Gasteiger partial charge in [-0.15, -0.1) is 4.40 Å². The number of pyridine rings is 1. The molecular formula is C20H23N5O4S. The van der Waals surface area contributed by atoms with Crippen LogP contribution in [0.5, 0.6) is 5.75 Å². The Morgan fingerprint density at radius 2 is 2.03 bits per heavy atom. The fourth-order valence-corrected chi connectivity index (χ4v) is 4.88. The van der Waals surface area contributed by atoms with Crippen LogP contribution in [-0.2, 0) is 15.8 Å². The molecule has 2 aliphatic rings. The van der Waals surface area contributed by atoms with Crippen LogP contribution < -0.4 is 15.8 Å². The molecule has 30 heavy (non-hydrogen) atoms. The van der Waals surface area contributed by atoms with Gasteiger partial charge in [0, 0.05) is 24.6 Å². The van der Waals surface area contributed by atoms with Crippen LogP contribution >= 0.6 is 0 Å². The molecule has 0 spiro atoms. The number of fused-ring (bicyclic) bond motifs is 1. The lowest BCUT2D eigenvalue weighted by Crippen LogP contribution is -2.48. The van der Waals surface area contributed by atoms with Gasteiger partial charge in [0.25, 0.3) is 10.0 Å². The van der Waals surface area contributed by atoms with Crippen molar-refractivity contribution in [3.63, 3.8) is 0 Å². The number of hydrogen-bond donors (Lipinski definition) is 2. The molecule has 10 heteroatoms. The van der Waals surface area contributed by atoms with Crippen molar-refractivity contribution in [2.45, 2.75) is 31.1 Å². The number of urea groups is 1. The molecule has 1 atom stereocenters. The van der Waals surface area contributed by atoms with Crippen molar-refractivity contribution in [2.24, 2.45) is 10.1 Å². The normalized spacial score (nSPS) is 20.1. The number of amidine groups is 1. The molecule has 4 rings (SSSR count). The molecule has 1 saturated heterocycles. The van der Waals surface area contributed by atoms with Gasteiger partial charge >= 0.3 is 6.03 Å². The van der Waals surface area contributed by atoms with E-state index in [0.29, 0.717) is 29.1 Å². The zero-order valence-electron chi connectivity index (χ0n) is 16.3. The molecule has 2 aliphatic heterocycles. The first-order valence-corrected chi connectivity index (χ1v) is 11.3. The summed E-state index contributed by atoms with van der Waals surface area (Å²) in [6.45, 7) is 0.917. The van der Waals surface area contributed by atoms with Crippen LogP contribution in [0.25, 0.3) is 0 Å². The third-order valence-electron chi connectivity index (χ3n) is 5.19. The van der Waals surface area contributed by atoms with Crippen LogP contribution in [0.2, 0.25) is 0 Å². The minimum atomic E-state index is -3.61. The molecular weight excluding hydrogens is 406 g/mol. The second-order valence-electron chi connectivity index (χ2n) is 7.31. The average Bonchev–Trinajstić information content (AvgIpc) is 2.72. The molecule has 3 heterocycles. The van der Waals surface area contributed by atoms with Crippen LogP contribution in [0.1, 0.15) is 30.4 Å². The number of nitrogens with one attached hydrogen (secondary N) is 1. The number of ether oxygens (including phenoxy) is 1. The Morgan fingerprint density at radius 3 is 2.83 bits per heavy atom. The van der Waals surface area contributed by atoms with E-state index in [1.54, 1.807) is 47.6 Å². The number of carbonyl (C=O) groups excluding carboxylic acids is 1. The lowest BCUT2D eigenvalue weighted by molar-refractivity contribution is 0.124. The summed E-state index contributed by atoms with van der Waals surface area (Å²) < 4.78 is 33.3. The highest BCUT2D eigenvalue weighted by Gasteiger charge is 2.29. The highest BCUT2D eigenvalue weighted by atomic mass is 32.2. The fraction of sp³-hybridized carbons (Fsp3) is 0.350. The number of benzene rings is 1. The number of nitrogens with zero attached hydrogens (tertiary/aromatic N) is 3. The number of sulfonamides is 1. The minimum Gasteiger partial charge on any atom is -0.491 e. The van der Waals surface area contributed by atoms with Crippen molar-refractivity contribution >= 4 is 27.6 Å². The third-order valence-corrected chi connectivity index (χ3v) is 6.35. The first-order chi connectivity index (χ1) is 14.4. The summed E-state index contributed by atoms with van der Waals surface area (Å²) in [6.07, 6.45) is 5.99. The second-order valence-corrected chi connectivity index (χ2v) is 8.95. The summed E-state index contributed by atoms with van der Waals surface area (Å²) in [5.74, 6) is 0.205. The fourth-order valence-electron chi connectivity index (χ4n) is 3.79. The Balaban J connectivity index is 1.48. The van der Waals surface area contributed by atoms with Gasteiger partial charge in [0.1, 0.15) is 18.2 Å². The van der Waals surface area contributed by atoms with E-state index >= 15 is 0 Å². The predicted octanol–water partition coefficient (Wildman–Crippen LogP) is 2.10. The quantitative estimate of drug-likeness (QED) is 0.766. The number of hydrogen-bond acceptors (Lipinski definition) is 6. The topological polar surface area (TPSA) is 127 Å². The summed E-state index contributed by atoms with van der Waals surface area (Å²) in [4.78, 5) is 18.5. The van der Waals surface area contributed by atoms with E-state index in [0.717, 1.165) is 19.3 Å². The molecule has 0 aliphatic carbocycles. The smallest absolute Gasteiger partial charge is 0.322 e. The summed E-state index contributed by atoms with van der Waals surface area (Å²) in [7, 11) is -3.61. The average molecular weight is 430 g/mol. The van der Waals surface area contributed by atoms with E-state index in [9.17, 15) is 13.2 Å². The van der Waals surface area contributed by atoms with E-state index < -0.39 is 10.0 Å². The van der Waals surface area contributed by atoms with Crippen LogP contribution in [-0.4, -0.2) is 49.4 Å². The maximum atomic E-state index is 12.8. The summed E-state index contributed by atoms with van der Waals surface area (Å²) in [6, 6.07) is 8.36. The maximum absolute atomic E-state index is 12.8. The van der Waals surface area contributed by atoms with E-state index in [-0.39, 0.29) is 30.3 Å². The Bertz CT molecular complexity index is 1070. The molecule has 0 saturated carbocycles. The Morgan fingerprint density at radius 1 is 1.23 bits per heavy atom. The number of piperidine rings is 1. The predicted molar refractivity (Wildman–Crippen MR) is 113 cm³/mol. The molecule has 0 bridgehead atoms. The molecule has 158 valence electrons. The van der Waals surface area contributed by atoms with Gasteiger partial charge in [0.15, 0.2) is 0 Å². The Hall–Kier alpha value is -3.14. The molecule has 0 unspecified atom stereocenters. The summed E-state index contributed by atoms with van der Waals surface area (Å²) in [5.41, 5.74) is 7.66. The number of rotatable bonds is 4. The van der Waals surface area contributed by atoms with Crippen molar-refractivity contribution < 1.29 is 17.9 Å². The SMILES string of the molecule is NC1=NS(=O)(=O)Cc2cccc(OC[C@H]3CCCCN3C(=O)Nc3ccncc3)c21. The number of likely N-dealkylation sites (tertiary alicyclic amines) is 1. The summed E-state index contributed by atoms with van der Waals surface area (Å²) in [5, 5.41) is 2.89. The zero-order chi connectivity index (χ0) is 21.1. The first kappa shape index (κ1) is 20.1. The van der Waals surface area contributed by atoms with Gasteiger partial charge in [-0.1, -0.05) is 12.1 Å². The zero-order valence-corrected chi connectivity index (χ0v) is 17.1. The summed E-state index contributed by atoms with van der Waals surface area (Å²) >= 11 is 0. The van der Waals surface area contributed by atoms with Crippen LogP contribution in [0.3, 0.4) is 0 Å². The standard InChI is InChI=1S/C20H23N5O4S/c21-19-18-14(13-30(27,28)24-19)4-3-6-17(18)29-12-16-5-1-2-11-25(16)20(26)23-15-7-9-22-10-8-15/h3-4,6-10,16H,1-2,5,11-13H2,(H2,21,24)(H,22,23,26)/t16-/m1/s1. The van der Waals surface area contributed by atoms with E-state index in [1.165, 1.54) is 0 Å². The van der Waals surface area contributed by atoms with Gasteiger partial charge in [-0.05, 0) is 43.0 Å². The van der Waals surface area contributed by atoms with Crippen LogP contribution in [0, 0.1) is 0 Å². The van der Waals surface area contributed by atoms with Gasteiger partial charge in [0.05, 0.1) is 17.4 Å². The van der Waals surface area contributed by atoms with Crippen LogP contribution in [0.4, 0.5) is 10.5 Å². The van der Waals surface area contributed by atoms with Crippen molar-refractivity contribution in [1.29, 1.82) is 0 Å². The third kappa shape index (κ3) is 4.38. The van der Waals surface area contributed by atoms with Crippen molar-refractivity contribution in [2.75, 3.05) is 18.5 Å². The number of nitrogens with two attached hydrogens (primary N) is 1.